The van der Waals surface area contributed by atoms with Gasteiger partial charge in [0.2, 0.25) is 0 Å². The summed E-state index contributed by atoms with van der Waals surface area (Å²) in [5.74, 6) is 0.687. The van der Waals surface area contributed by atoms with Crippen molar-refractivity contribution in [2.24, 2.45) is 11.7 Å². The second-order valence-corrected chi connectivity index (χ2v) is 4.53. The van der Waals surface area contributed by atoms with Crippen LogP contribution in [0.3, 0.4) is 0 Å². The van der Waals surface area contributed by atoms with E-state index in [9.17, 15) is 5.11 Å². The number of methoxy groups -OCH3 is 1. The molecule has 0 saturated carbocycles. The summed E-state index contributed by atoms with van der Waals surface area (Å²) in [6.07, 6.45) is 1.34. The lowest BCUT2D eigenvalue weighted by molar-refractivity contribution is 0.107. The Balaban J connectivity index is 2.87. The van der Waals surface area contributed by atoms with Gasteiger partial charge in [0, 0.05) is 5.92 Å². The highest BCUT2D eigenvalue weighted by Gasteiger charge is 2.19. The summed E-state index contributed by atoms with van der Waals surface area (Å²) in [5, 5.41) is 10.7. The van der Waals surface area contributed by atoms with Crippen LogP contribution in [-0.4, -0.2) is 18.8 Å². The van der Waals surface area contributed by atoms with Crippen molar-refractivity contribution in [2.75, 3.05) is 13.7 Å². The van der Waals surface area contributed by atoms with Crippen LogP contribution in [0.1, 0.15) is 31.4 Å². The second-order valence-electron chi connectivity index (χ2n) is 4.12. The van der Waals surface area contributed by atoms with Crippen molar-refractivity contribution in [1.82, 2.24) is 0 Å². The van der Waals surface area contributed by atoms with Gasteiger partial charge < -0.3 is 15.6 Å². The Hall–Kier alpha value is -0.770. The molecule has 0 saturated heterocycles. The van der Waals surface area contributed by atoms with E-state index in [-0.39, 0.29) is 5.92 Å². The second kappa shape index (κ2) is 6.84. The summed E-state index contributed by atoms with van der Waals surface area (Å²) in [6, 6.07) is 5.33. The summed E-state index contributed by atoms with van der Waals surface area (Å²) >= 11 is 6.03. The highest BCUT2D eigenvalue weighted by Crippen LogP contribution is 2.31. The molecule has 0 fully saturated rings. The van der Waals surface area contributed by atoms with Crippen LogP contribution in [0.15, 0.2) is 18.2 Å². The molecule has 1 aromatic carbocycles. The van der Waals surface area contributed by atoms with Crippen molar-refractivity contribution in [2.45, 2.75) is 25.9 Å². The minimum absolute atomic E-state index is 0.0736. The molecule has 2 atom stereocenters. The molecule has 1 aromatic rings. The van der Waals surface area contributed by atoms with Crippen molar-refractivity contribution >= 4 is 11.6 Å². The predicted molar refractivity (Wildman–Crippen MR) is 70.4 cm³/mol. The molecule has 0 aliphatic rings. The Bertz CT molecular complexity index is 357. The summed E-state index contributed by atoms with van der Waals surface area (Å²) in [4.78, 5) is 0. The van der Waals surface area contributed by atoms with Gasteiger partial charge in [-0.05, 0) is 30.7 Å². The molecule has 0 aliphatic carbocycles. The van der Waals surface area contributed by atoms with Crippen LogP contribution in [0, 0.1) is 5.92 Å². The zero-order valence-electron chi connectivity index (χ0n) is 10.3. The Morgan fingerprint density at radius 3 is 2.65 bits per heavy atom. The molecule has 4 heteroatoms. The van der Waals surface area contributed by atoms with E-state index in [0.717, 1.165) is 18.4 Å². The Morgan fingerprint density at radius 2 is 2.18 bits per heavy atom. The van der Waals surface area contributed by atoms with Crippen LogP contribution in [0.25, 0.3) is 0 Å². The van der Waals surface area contributed by atoms with E-state index >= 15 is 0 Å². The van der Waals surface area contributed by atoms with E-state index in [1.54, 1.807) is 19.2 Å². The molecular formula is C13H20ClNO2. The first-order valence-corrected chi connectivity index (χ1v) is 6.23. The number of aliphatic hydroxyl groups excluding tert-OH is 1. The average molecular weight is 258 g/mol. The molecule has 96 valence electrons. The van der Waals surface area contributed by atoms with Gasteiger partial charge in [0.25, 0.3) is 0 Å². The van der Waals surface area contributed by atoms with Crippen LogP contribution in [0.2, 0.25) is 5.02 Å². The first kappa shape index (κ1) is 14.3. The number of hydrogen-bond acceptors (Lipinski definition) is 3. The topological polar surface area (TPSA) is 55.5 Å². The fourth-order valence-electron chi connectivity index (χ4n) is 1.91. The van der Waals surface area contributed by atoms with Crippen molar-refractivity contribution in [3.63, 3.8) is 0 Å². The van der Waals surface area contributed by atoms with Gasteiger partial charge in [-0.15, -0.1) is 0 Å². The fraction of sp³-hybridized carbons (Fsp3) is 0.538. The zero-order chi connectivity index (χ0) is 12.8. The van der Waals surface area contributed by atoms with E-state index in [2.05, 4.69) is 6.92 Å². The van der Waals surface area contributed by atoms with E-state index in [4.69, 9.17) is 22.1 Å². The van der Waals surface area contributed by atoms with Gasteiger partial charge in [0.15, 0.2) is 0 Å². The van der Waals surface area contributed by atoms with Gasteiger partial charge >= 0.3 is 0 Å². The Morgan fingerprint density at radius 1 is 1.47 bits per heavy atom. The maximum Gasteiger partial charge on any atom is 0.137 e. The van der Waals surface area contributed by atoms with Crippen molar-refractivity contribution in [3.05, 3.63) is 28.8 Å². The standard InChI is InChI=1S/C13H20ClNO2/c1-3-4-10(8-15)13(16)9-5-6-12(17-2)11(14)7-9/h5-7,10,13,16H,3-4,8,15H2,1-2H3. The first-order valence-electron chi connectivity index (χ1n) is 5.85. The third-order valence-corrected chi connectivity index (χ3v) is 3.22. The van der Waals surface area contributed by atoms with Crippen LogP contribution in [-0.2, 0) is 0 Å². The monoisotopic (exact) mass is 257 g/mol. The number of ether oxygens (including phenoxy) is 1. The molecule has 0 spiro atoms. The minimum atomic E-state index is -0.566. The summed E-state index contributed by atoms with van der Waals surface area (Å²) < 4.78 is 5.08. The van der Waals surface area contributed by atoms with E-state index < -0.39 is 6.10 Å². The highest BCUT2D eigenvalue weighted by molar-refractivity contribution is 6.32. The van der Waals surface area contributed by atoms with Gasteiger partial charge in [-0.1, -0.05) is 31.0 Å². The molecular weight excluding hydrogens is 238 g/mol. The molecule has 3 N–H and O–H groups in total. The smallest absolute Gasteiger partial charge is 0.137 e. The summed E-state index contributed by atoms with van der Waals surface area (Å²) in [5.41, 5.74) is 6.46. The number of nitrogens with two attached hydrogens (primary N) is 1. The molecule has 2 unspecified atom stereocenters. The normalized spacial score (nSPS) is 14.4. The molecule has 17 heavy (non-hydrogen) atoms. The van der Waals surface area contributed by atoms with Crippen molar-refractivity contribution < 1.29 is 9.84 Å². The lowest BCUT2D eigenvalue weighted by Gasteiger charge is -2.21. The molecule has 0 amide bonds. The number of benzene rings is 1. The third-order valence-electron chi connectivity index (χ3n) is 2.93. The van der Waals surface area contributed by atoms with Crippen molar-refractivity contribution in [3.8, 4) is 5.75 Å². The molecule has 0 aromatic heterocycles. The molecule has 0 aliphatic heterocycles. The van der Waals surface area contributed by atoms with Crippen LogP contribution >= 0.6 is 11.6 Å². The molecule has 0 radical (unpaired) electrons. The molecule has 3 nitrogen and oxygen atoms in total. The maximum absolute atomic E-state index is 10.2. The molecule has 0 bridgehead atoms. The van der Waals surface area contributed by atoms with Crippen LogP contribution in [0.4, 0.5) is 0 Å². The zero-order valence-corrected chi connectivity index (χ0v) is 11.1. The average Bonchev–Trinajstić information content (AvgIpc) is 2.35. The van der Waals surface area contributed by atoms with Gasteiger partial charge in [0.1, 0.15) is 5.75 Å². The Kier molecular flexibility index (Phi) is 5.75. The molecule has 0 heterocycles. The highest BCUT2D eigenvalue weighted by atomic mass is 35.5. The molecule has 1 rings (SSSR count). The lowest BCUT2D eigenvalue weighted by atomic mass is 9.92. The number of aliphatic hydroxyl groups is 1. The van der Waals surface area contributed by atoms with Crippen molar-refractivity contribution in [1.29, 1.82) is 0 Å². The Labute approximate surface area is 108 Å². The van der Waals surface area contributed by atoms with Gasteiger partial charge in [-0.2, -0.15) is 0 Å². The minimum Gasteiger partial charge on any atom is -0.495 e. The fourth-order valence-corrected chi connectivity index (χ4v) is 2.18. The summed E-state index contributed by atoms with van der Waals surface area (Å²) in [6.45, 7) is 2.55. The van der Waals surface area contributed by atoms with Gasteiger partial charge in [0.05, 0.1) is 18.2 Å². The maximum atomic E-state index is 10.2. The van der Waals surface area contributed by atoms with E-state index in [0.29, 0.717) is 17.3 Å². The number of halogens is 1. The van der Waals surface area contributed by atoms with E-state index in [1.165, 1.54) is 0 Å². The first-order chi connectivity index (χ1) is 8.13. The predicted octanol–water partition coefficient (Wildman–Crippen LogP) is 2.76. The largest absolute Gasteiger partial charge is 0.495 e. The number of hydrogen-bond donors (Lipinski definition) is 2. The SMILES string of the molecule is CCCC(CN)C(O)c1ccc(OC)c(Cl)c1. The van der Waals surface area contributed by atoms with Crippen LogP contribution < -0.4 is 10.5 Å². The van der Waals surface area contributed by atoms with Gasteiger partial charge in [-0.25, -0.2) is 0 Å². The number of rotatable bonds is 6. The summed E-state index contributed by atoms with van der Waals surface area (Å²) in [7, 11) is 1.57. The van der Waals surface area contributed by atoms with E-state index in [1.807, 2.05) is 6.07 Å². The van der Waals surface area contributed by atoms with Crippen LogP contribution in [0.5, 0.6) is 5.75 Å². The lowest BCUT2D eigenvalue weighted by Crippen LogP contribution is -2.21. The van der Waals surface area contributed by atoms with Gasteiger partial charge in [-0.3, -0.25) is 0 Å². The third kappa shape index (κ3) is 3.60. The quantitative estimate of drug-likeness (QED) is 0.824.